The van der Waals surface area contributed by atoms with Crippen molar-refractivity contribution in [1.82, 2.24) is 0 Å². The smallest absolute Gasteiger partial charge is 0.258 e. The molecule has 0 amide bonds. The third-order valence-corrected chi connectivity index (χ3v) is 2.73. The van der Waals surface area contributed by atoms with E-state index in [-0.39, 0.29) is 5.69 Å². The summed E-state index contributed by atoms with van der Waals surface area (Å²) >= 11 is 0. The van der Waals surface area contributed by atoms with Crippen LogP contribution in [-0.4, -0.2) is 4.92 Å². The summed E-state index contributed by atoms with van der Waals surface area (Å²) in [7, 11) is 0. The number of hydrogen-bond acceptors (Lipinski definition) is 2. The van der Waals surface area contributed by atoms with Crippen molar-refractivity contribution in [1.29, 1.82) is 0 Å². The molecule has 3 heteroatoms. The quantitative estimate of drug-likeness (QED) is 0.464. The summed E-state index contributed by atoms with van der Waals surface area (Å²) in [5.41, 5.74) is 2.29. The molecule has 0 N–H and O–H groups in total. The van der Waals surface area contributed by atoms with Crippen molar-refractivity contribution >= 4 is 5.69 Å². The van der Waals surface area contributed by atoms with Gasteiger partial charge in [-0.25, -0.2) is 0 Å². The molecule has 2 aromatic carbocycles. The first kappa shape index (κ1) is 12.4. The fraction of sp³-hybridized carbons (Fsp3) is 0. The van der Waals surface area contributed by atoms with Crippen LogP contribution < -0.4 is 0 Å². The van der Waals surface area contributed by atoms with Crippen molar-refractivity contribution < 1.29 is 4.92 Å². The summed E-state index contributed by atoms with van der Waals surface area (Å²) in [6.07, 6.45) is 10.8. The molecule has 0 saturated carbocycles. The lowest BCUT2D eigenvalue weighted by atomic mass is 9.96. The van der Waals surface area contributed by atoms with Crippen molar-refractivity contribution in [3.8, 4) is 35.8 Å². The van der Waals surface area contributed by atoms with Crippen molar-refractivity contribution in [2.75, 3.05) is 0 Å². The zero-order valence-corrected chi connectivity index (χ0v) is 9.96. The molecule has 0 saturated heterocycles. The first-order valence-corrected chi connectivity index (χ1v) is 5.48. The highest BCUT2D eigenvalue weighted by Crippen LogP contribution is 2.32. The molecular weight excluding hydrogens is 238 g/mol. The van der Waals surface area contributed by atoms with E-state index >= 15 is 0 Å². The van der Waals surface area contributed by atoms with Gasteiger partial charge in [-0.15, -0.1) is 12.8 Å². The highest BCUT2D eigenvalue weighted by atomic mass is 16.6. The second-order valence-electron chi connectivity index (χ2n) is 3.82. The predicted molar refractivity (Wildman–Crippen MR) is 74.4 cm³/mol. The lowest BCUT2D eigenvalue weighted by Gasteiger charge is -2.06. The Morgan fingerprint density at radius 1 is 1.00 bits per heavy atom. The molecule has 0 fully saturated rings. The van der Waals surface area contributed by atoms with Gasteiger partial charge in [0, 0.05) is 22.8 Å². The van der Waals surface area contributed by atoms with Crippen LogP contribution in [0.2, 0.25) is 0 Å². The van der Waals surface area contributed by atoms with E-state index in [1.165, 1.54) is 6.07 Å². The fourth-order valence-electron chi connectivity index (χ4n) is 1.84. The molecule has 19 heavy (non-hydrogen) atoms. The number of nitro groups is 1. The maximum atomic E-state index is 11.1. The first-order valence-electron chi connectivity index (χ1n) is 5.48. The van der Waals surface area contributed by atoms with Gasteiger partial charge in [-0.2, -0.15) is 0 Å². The van der Waals surface area contributed by atoms with Gasteiger partial charge in [0.25, 0.3) is 5.69 Å². The van der Waals surface area contributed by atoms with E-state index in [2.05, 4.69) is 11.8 Å². The Labute approximate surface area is 111 Å². The van der Waals surface area contributed by atoms with E-state index in [1.807, 2.05) is 0 Å². The van der Waals surface area contributed by atoms with Crippen LogP contribution in [0.3, 0.4) is 0 Å². The molecule has 0 aromatic heterocycles. The minimum atomic E-state index is -0.432. The molecule has 2 aromatic rings. The van der Waals surface area contributed by atoms with Gasteiger partial charge < -0.3 is 0 Å². The Kier molecular flexibility index (Phi) is 3.32. The van der Waals surface area contributed by atoms with Crippen molar-refractivity contribution in [2.24, 2.45) is 0 Å². The maximum Gasteiger partial charge on any atom is 0.277 e. The lowest BCUT2D eigenvalue weighted by molar-refractivity contribution is -0.384. The van der Waals surface area contributed by atoms with E-state index in [4.69, 9.17) is 12.8 Å². The van der Waals surface area contributed by atoms with E-state index in [1.54, 1.807) is 36.4 Å². The highest BCUT2D eigenvalue weighted by Gasteiger charge is 2.16. The summed E-state index contributed by atoms with van der Waals surface area (Å²) in [6, 6.07) is 11.5. The molecule has 90 valence electrons. The summed E-state index contributed by atoms with van der Waals surface area (Å²) in [4.78, 5) is 10.6. The van der Waals surface area contributed by atoms with Crippen LogP contribution in [0.5, 0.6) is 0 Å². The molecule has 0 atom stereocenters. The minimum Gasteiger partial charge on any atom is -0.258 e. The Hall–Kier alpha value is -3.04. The monoisotopic (exact) mass is 247 g/mol. The molecule has 2 rings (SSSR count). The van der Waals surface area contributed by atoms with Gasteiger partial charge in [0.2, 0.25) is 0 Å². The third kappa shape index (κ3) is 2.31. The van der Waals surface area contributed by atoms with E-state index in [0.29, 0.717) is 22.3 Å². The fourth-order valence-corrected chi connectivity index (χ4v) is 1.84. The second-order valence-corrected chi connectivity index (χ2v) is 3.82. The van der Waals surface area contributed by atoms with Crippen LogP contribution in [0, 0.1) is 34.8 Å². The Balaban J connectivity index is 2.76. The molecule has 0 heterocycles. The van der Waals surface area contributed by atoms with Crippen LogP contribution in [0.15, 0.2) is 42.5 Å². The van der Waals surface area contributed by atoms with Gasteiger partial charge >= 0.3 is 0 Å². The second kappa shape index (κ2) is 5.08. The van der Waals surface area contributed by atoms with Gasteiger partial charge in [-0.1, -0.05) is 24.0 Å². The molecule has 0 aliphatic heterocycles. The van der Waals surface area contributed by atoms with E-state index < -0.39 is 4.92 Å². The van der Waals surface area contributed by atoms with E-state index in [0.717, 1.165) is 0 Å². The molecular formula is C16H9NO2. The van der Waals surface area contributed by atoms with Crippen LogP contribution in [0.1, 0.15) is 11.1 Å². The molecule has 0 spiro atoms. The summed E-state index contributed by atoms with van der Waals surface area (Å²) < 4.78 is 0. The Morgan fingerprint density at radius 3 is 2.37 bits per heavy atom. The highest BCUT2D eigenvalue weighted by molar-refractivity contribution is 5.79. The van der Waals surface area contributed by atoms with Gasteiger partial charge in [-0.05, 0) is 24.3 Å². The first-order chi connectivity index (χ1) is 9.17. The number of nitro benzene ring substituents is 1. The number of para-hydroxylation sites is 1. The summed E-state index contributed by atoms with van der Waals surface area (Å²) in [6.45, 7) is 0. The average molecular weight is 247 g/mol. The third-order valence-electron chi connectivity index (χ3n) is 2.73. The predicted octanol–water partition coefficient (Wildman–Crippen LogP) is 3.22. The zero-order chi connectivity index (χ0) is 13.8. The molecule has 0 unspecified atom stereocenters. The number of rotatable bonds is 2. The van der Waals surface area contributed by atoms with Gasteiger partial charge in [-0.3, -0.25) is 10.1 Å². The van der Waals surface area contributed by atoms with E-state index in [9.17, 15) is 10.1 Å². The zero-order valence-electron chi connectivity index (χ0n) is 9.96. The number of terminal acetylenes is 2. The average Bonchev–Trinajstić information content (AvgIpc) is 2.46. The normalized spacial score (nSPS) is 9.37. The number of benzene rings is 2. The van der Waals surface area contributed by atoms with Gasteiger partial charge in [0.1, 0.15) is 0 Å². The molecule has 3 nitrogen and oxygen atoms in total. The van der Waals surface area contributed by atoms with Crippen molar-refractivity contribution in [3.05, 3.63) is 63.7 Å². The Morgan fingerprint density at radius 2 is 1.74 bits per heavy atom. The van der Waals surface area contributed by atoms with Crippen LogP contribution in [0.4, 0.5) is 5.69 Å². The van der Waals surface area contributed by atoms with Crippen LogP contribution in [-0.2, 0) is 0 Å². The molecule has 0 radical (unpaired) electrons. The number of nitrogens with zero attached hydrogens (tertiary/aromatic N) is 1. The summed E-state index contributed by atoms with van der Waals surface area (Å²) in [5.74, 6) is 5.02. The Bertz CT molecular complexity index is 733. The van der Waals surface area contributed by atoms with Crippen molar-refractivity contribution in [2.45, 2.75) is 0 Å². The number of hydrogen-bond donors (Lipinski definition) is 0. The van der Waals surface area contributed by atoms with Crippen molar-refractivity contribution in [3.63, 3.8) is 0 Å². The molecule has 0 bridgehead atoms. The maximum absolute atomic E-state index is 11.1. The molecule has 0 aliphatic carbocycles. The standard InChI is InChI=1S/C16H9NO2/c1-3-12-9-10-13(4-2)15(11-12)14-7-5-6-8-16(14)17(18)19/h1-2,5-11H. The summed E-state index contributed by atoms with van der Waals surface area (Å²) in [5, 5.41) is 11.1. The lowest BCUT2D eigenvalue weighted by Crippen LogP contribution is -1.94. The van der Waals surface area contributed by atoms with Crippen LogP contribution >= 0.6 is 0 Å². The molecule has 0 aliphatic rings. The van der Waals surface area contributed by atoms with Crippen LogP contribution in [0.25, 0.3) is 11.1 Å². The minimum absolute atomic E-state index is 0.00757. The van der Waals surface area contributed by atoms with Gasteiger partial charge in [0.05, 0.1) is 10.5 Å². The largest absolute Gasteiger partial charge is 0.277 e. The van der Waals surface area contributed by atoms with Gasteiger partial charge in [0.15, 0.2) is 0 Å². The topological polar surface area (TPSA) is 43.1 Å². The SMILES string of the molecule is C#Cc1ccc(C#C)c(-c2ccccc2[N+](=O)[O-])c1.